The predicted molar refractivity (Wildman–Crippen MR) is 150 cm³/mol. The summed E-state index contributed by atoms with van der Waals surface area (Å²) in [6.07, 6.45) is 2.02. The zero-order valence-electron chi connectivity index (χ0n) is 20.7. The Morgan fingerprint density at radius 3 is 2.56 bits per heavy atom. The van der Waals surface area contributed by atoms with Crippen molar-refractivity contribution < 1.29 is 28.7 Å². The van der Waals surface area contributed by atoms with E-state index in [9.17, 15) is 19.2 Å². The number of carbonyl (C=O) groups is 4. The second kappa shape index (κ2) is 12.6. The van der Waals surface area contributed by atoms with Crippen LogP contribution in [0.1, 0.15) is 11.1 Å². The van der Waals surface area contributed by atoms with Gasteiger partial charge in [0.15, 0.2) is 18.1 Å². The highest BCUT2D eigenvalue weighted by molar-refractivity contribution is 9.10. The summed E-state index contributed by atoms with van der Waals surface area (Å²) in [5.41, 5.74) is 1.47. The van der Waals surface area contributed by atoms with Gasteiger partial charge >= 0.3 is 6.03 Å². The van der Waals surface area contributed by atoms with Crippen LogP contribution in [0, 0.1) is 0 Å². The van der Waals surface area contributed by atoms with Gasteiger partial charge in [-0.25, -0.2) is 9.69 Å². The molecule has 0 aromatic heterocycles. The average Bonchev–Trinajstić information content (AvgIpc) is 2.90. The molecule has 1 heterocycles. The van der Waals surface area contributed by atoms with Gasteiger partial charge in [-0.2, -0.15) is 0 Å². The van der Waals surface area contributed by atoms with Crippen molar-refractivity contribution in [1.82, 2.24) is 10.6 Å². The minimum absolute atomic E-state index is 0.216. The van der Waals surface area contributed by atoms with Gasteiger partial charge in [-0.3, -0.25) is 19.7 Å². The van der Waals surface area contributed by atoms with Crippen molar-refractivity contribution in [3.05, 3.63) is 92.9 Å². The maximum atomic E-state index is 13.1. The van der Waals surface area contributed by atoms with Crippen LogP contribution in [0.2, 0.25) is 5.02 Å². The number of carbonyl (C=O) groups excluding carboxylic acids is 4. The van der Waals surface area contributed by atoms with Gasteiger partial charge in [0.1, 0.15) is 5.57 Å². The molecule has 11 heteroatoms. The van der Waals surface area contributed by atoms with E-state index >= 15 is 0 Å². The fourth-order valence-corrected chi connectivity index (χ4v) is 4.58. The number of urea groups is 1. The Kier molecular flexibility index (Phi) is 9.00. The molecule has 5 amide bonds. The number of ether oxygens (including phenoxy) is 2. The number of amides is 5. The third-order valence-electron chi connectivity index (χ3n) is 5.66. The molecule has 200 valence electrons. The third kappa shape index (κ3) is 6.84. The van der Waals surface area contributed by atoms with Crippen LogP contribution in [0.3, 0.4) is 0 Å². The summed E-state index contributed by atoms with van der Waals surface area (Å²) in [5, 5.41) is 5.30. The average molecular weight is 613 g/mol. The van der Waals surface area contributed by atoms with E-state index in [4.69, 9.17) is 21.1 Å². The Labute approximate surface area is 237 Å². The second-order valence-electron chi connectivity index (χ2n) is 8.35. The summed E-state index contributed by atoms with van der Waals surface area (Å²) in [5.74, 6) is -1.42. The standard InChI is InChI=1S/C28H23BrClN3O6/c1-38-23-14-18(12-21-26(35)32-28(37)33(27(21)36)20-9-5-8-19(30)15-20)13-22(29)25(23)39-16-24(34)31-11-10-17-6-3-2-4-7-17/h2-9,12-15H,10-11,16H2,1H3,(H,31,34)(H,32,35,37)/b21-12+. The molecule has 0 unspecified atom stereocenters. The molecular formula is C28H23BrClN3O6. The zero-order valence-corrected chi connectivity index (χ0v) is 23.0. The molecule has 0 atom stereocenters. The van der Waals surface area contributed by atoms with E-state index in [2.05, 4.69) is 26.6 Å². The lowest BCUT2D eigenvalue weighted by Gasteiger charge is -2.26. The number of imide groups is 2. The monoisotopic (exact) mass is 611 g/mol. The maximum Gasteiger partial charge on any atom is 0.335 e. The summed E-state index contributed by atoms with van der Waals surface area (Å²) in [7, 11) is 1.42. The summed E-state index contributed by atoms with van der Waals surface area (Å²) >= 11 is 9.41. The Balaban J connectivity index is 1.48. The van der Waals surface area contributed by atoms with Crippen LogP contribution in [0.4, 0.5) is 10.5 Å². The molecule has 39 heavy (non-hydrogen) atoms. The number of nitrogens with one attached hydrogen (secondary N) is 2. The van der Waals surface area contributed by atoms with Crippen LogP contribution in [-0.2, 0) is 20.8 Å². The molecule has 9 nitrogen and oxygen atoms in total. The number of barbiturate groups is 1. The van der Waals surface area contributed by atoms with E-state index in [0.717, 1.165) is 10.5 Å². The van der Waals surface area contributed by atoms with Gasteiger partial charge in [-0.15, -0.1) is 0 Å². The van der Waals surface area contributed by atoms with Crippen molar-refractivity contribution in [2.45, 2.75) is 6.42 Å². The lowest BCUT2D eigenvalue weighted by Crippen LogP contribution is -2.54. The number of anilines is 1. The van der Waals surface area contributed by atoms with Gasteiger partial charge < -0.3 is 14.8 Å². The summed E-state index contributed by atoms with van der Waals surface area (Å²) in [6.45, 7) is 0.212. The highest BCUT2D eigenvalue weighted by Crippen LogP contribution is 2.37. The normalized spacial score (nSPS) is 14.3. The first-order chi connectivity index (χ1) is 18.8. The predicted octanol–water partition coefficient (Wildman–Crippen LogP) is 4.52. The molecule has 2 N–H and O–H groups in total. The third-order valence-corrected chi connectivity index (χ3v) is 6.48. The summed E-state index contributed by atoms with van der Waals surface area (Å²) in [4.78, 5) is 51.2. The van der Waals surface area contributed by atoms with Gasteiger partial charge in [-0.05, 0) is 69.9 Å². The van der Waals surface area contributed by atoms with Crippen molar-refractivity contribution in [2.24, 2.45) is 0 Å². The first-order valence-electron chi connectivity index (χ1n) is 11.7. The molecule has 0 aliphatic carbocycles. The van der Waals surface area contributed by atoms with Crippen LogP contribution >= 0.6 is 27.5 Å². The Morgan fingerprint density at radius 2 is 1.85 bits per heavy atom. The molecule has 0 radical (unpaired) electrons. The molecule has 0 bridgehead atoms. The number of benzene rings is 3. The SMILES string of the molecule is COc1cc(/C=C2\C(=O)NC(=O)N(c3cccc(Cl)c3)C2=O)cc(Br)c1OCC(=O)NCCc1ccccc1. The molecule has 3 aromatic rings. The fourth-order valence-electron chi connectivity index (χ4n) is 3.82. The van der Waals surface area contributed by atoms with Crippen LogP contribution in [0.5, 0.6) is 11.5 Å². The lowest BCUT2D eigenvalue weighted by atomic mass is 10.1. The molecule has 1 fully saturated rings. The van der Waals surface area contributed by atoms with Gasteiger partial charge in [0.2, 0.25) is 0 Å². The number of methoxy groups -OCH3 is 1. The lowest BCUT2D eigenvalue weighted by molar-refractivity contribution is -0.124. The number of nitrogens with zero attached hydrogens (tertiary/aromatic N) is 1. The molecule has 0 spiro atoms. The van der Waals surface area contributed by atoms with E-state index in [-0.39, 0.29) is 35.3 Å². The van der Waals surface area contributed by atoms with Crippen molar-refractivity contribution in [3.63, 3.8) is 0 Å². The number of hydrogen-bond donors (Lipinski definition) is 2. The van der Waals surface area contributed by atoms with Crippen LogP contribution < -0.4 is 25.0 Å². The second-order valence-corrected chi connectivity index (χ2v) is 9.64. The fraction of sp³-hybridized carbons (Fsp3) is 0.143. The van der Waals surface area contributed by atoms with Crippen molar-refractivity contribution in [1.29, 1.82) is 0 Å². The van der Waals surface area contributed by atoms with E-state index in [0.29, 0.717) is 28.0 Å². The highest BCUT2D eigenvalue weighted by atomic mass is 79.9. The molecule has 1 saturated heterocycles. The Hall–Kier alpha value is -4.15. The summed E-state index contributed by atoms with van der Waals surface area (Å²) in [6, 6.07) is 18.2. The largest absolute Gasteiger partial charge is 0.493 e. The van der Waals surface area contributed by atoms with Gasteiger partial charge in [0, 0.05) is 11.6 Å². The zero-order chi connectivity index (χ0) is 27.9. The molecule has 1 aliphatic heterocycles. The van der Waals surface area contributed by atoms with Crippen molar-refractivity contribution in [2.75, 3.05) is 25.2 Å². The van der Waals surface area contributed by atoms with Crippen LogP contribution in [0.15, 0.2) is 76.8 Å². The first kappa shape index (κ1) is 27.9. The van der Waals surface area contributed by atoms with E-state index in [1.807, 2.05) is 30.3 Å². The first-order valence-corrected chi connectivity index (χ1v) is 12.9. The molecular weight excluding hydrogens is 590 g/mol. The highest BCUT2D eigenvalue weighted by Gasteiger charge is 2.37. The van der Waals surface area contributed by atoms with E-state index in [1.54, 1.807) is 24.3 Å². The van der Waals surface area contributed by atoms with E-state index in [1.165, 1.54) is 25.3 Å². The quantitative estimate of drug-likeness (QED) is 0.272. The van der Waals surface area contributed by atoms with Crippen molar-refractivity contribution >= 4 is 63.0 Å². The molecule has 4 rings (SSSR count). The Morgan fingerprint density at radius 1 is 1.08 bits per heavy atom. The topological polar surface area (TPSA) is 114 Å². The number of hydrogen-bond acceptors (Lipinski definition) is 6. The van der Waals surface area contributed by atoms with Gasteiger partial charge in [0.25, 0.3) is 17.7 Å². The minimum atomic E-state index is -0.881. The van der Waals surface area contributed by atoms with E-state index < -0.39 is 17.8 Å². The molecule has 1 aliphatic rings. The summed E-state index contributed by atoms with van der Waals surface area (Å²) < 4.78 is 11.5. The van der Waals surface area contributed by atoms with Gasteiger partial charge in [0.05, 0.1) is 17.3 Å². The van der Waals surface area contributed by atoms with Crippen molar-refractivity contribution in [3.8, 4) is 11.5 Å². The smallest absolute Gasteiger partial charge is 0.335 e. The minimum Gasteiger partial charge on any atom is -0.493 e. The van der Waals surface area contributed by atoms with Crippen LogP contribution in [0.25, 0.3) is 6.08 Å². The maximum absolute atomic E-state index is 13.1. The number of halogens is 2. The molecule has 3 aromatic carbocycles. The van der Waals surface area contributed by atoms with Crippen LogP contribution in [-0.4, -0.2) is 44.0 Å². The molecule has 0 saturated carbocycles. The van der Waals surface area contributed by atoms with Gasteiger partial charge in [-0.1, -0.05) is 48.0 Å². The number of rotatable bonds is 9. The Bertz CT molecular complexity index is 1460.